The first-order valence-corrected chi connectivity index (χ1v) is 12.2. The number of nitrogens with zero attached hydrogens (tertiary/aromatic N) is 2. The normalized spacial score (nSPS) is 45.8. The Morgan fingerprint density at radius 1 is 1.03 bits per heavy atom. The number of rotatable bonds is 5. The van der Waals surface area contributed by atoms with Crippen LogP contribution < -0.4 is 0 Å². The maximum absolute atomic E-state index is 12.6. The molecule has 29 heavy (non-hydrogen) atoms. The number of oxime groups is 1. The predicted octanol–water partition coefficient (Wildman–Crippen LogP) is 5.17. The van der Waals surface area contributed by atoms with E-state index < -0.39 is 0 Å². The van der Waals surface area contributed by atoms with Crippen LogP contribution in [0.3, 0.4) is 0 Å². The van der Waals surface area contributed by atoms with Crippen molar-refractivity contribution >= 4 is 11.5 Å². The third kappa shape index (κ3) is 3.47. The second kappa shape index (κ2) is 7.98. The molecule has 4 rings (SSSR count). The van der Waals surface area contributed by atoms with E-state index in [1.807, 2.05) is 0 Å². The maximum Gasteiger partial charge on any atom is 0.139 e. The highest BCUT2D eigenvalue weighted by atomic mass is 16.6. The lowest BCUT2D eigenvalue weighted by molar-refractivity contribution is -0.138. The molecule has 0 heterocycles. The molecule has 0 aromatic carbocycles. The molecule has 4 heteroatoms. The van der Waals surface area contributed by atoms with Crippen molar-refractivity contribution < 1.29 is 9.63 Å². The second-order valence-corrected chi connectivity index (χ2v) is 11.2. The molecule has 4 fully saturated rings. The van der Waals surface area contributed by atoms with Gasteiger partial charge in [0.25, 0.3) is 0 Å². The van der Waals surface area contributed by atoms with Crippen LogP contribution >= 0.6 is 0 Å². The first-order chi connectivity index (χ1) is 13.8. The average molecular weight is 403 g/mol. The number of hydrogen-bond acceptors (Lipinski definition) is 4. The molecule has 0 N–H and O–H groups in total. The van der Waals surface area contributed by atoms with E-state index in [4.69, 9.17) is 4.84 Å². The Kier molecular flexibility index (Phi) is 5.87. The first kappa shape index (κ1) is 21.3. The lowest BCUT2D eigenvalue weighted by Gasteiger charge is -2.61. The molecular weight excluding hydrogens is 360 g/mol. The molecule has 4 nitrogen and oxygen atoms in total. The lowest BCUT2D eigenvalue weighted by atomic mass is 9.43. The standard InChI is InChI=1S/C25H42N2O2/c1-6-17-19-8-7-18-20-9-10-23(28)25(20,3)13-11-21(18)24(19,2)14-12-22(17)26-29-16-15-27(4)5/h17-21H,6-16H2,1-5H3/b26-22+/t17-,18-,19?,20-,21-,24-,25-/m0/s1. The Hall–Kier alpha value is -0.900. The summed E-state index contributed by atoms with van der Waals surface area (Å²) in [4.78, 5) is 20.5. The topological polar surface area (TPSA) is 41.9 Å². The Morgan fingerprint density at radius 3 is 2.55 bits per heavy atom. The van der Waals surface area contributed by atoms with E-state index in [0.717, 1.165) is 50.0 Å². The van der Waals surface area contributed by atoms with Crippen LogP contribution in [-0.2, 0) is 9.63 Å². The van der Waals surface area contributed by atoms with Crippen LogP contribution in [0.4, 0.5) is 0 Å². The van der Waals surface area contributed by atoms with Crippen molar-refractivity contribution in [3.8, 4) is 0 Å². The highest BCUT2D eigenvalue weighted by molar-refractivity contribution is 5.88. The van der Waals surface area contributed by atoms with Crippen molar-refractivity contribution in [1.29, 1.82) is 0 Å². The van der Waals surface area contributed by atoms with Crippen LogP contribution in [0.2, 0.25) is 0 Å². The summed E-state index contributed by atoms with van der Waals surface area (Å²) in [6, 6.07) is 0. The molecule has 0 amide bonds. The number of hydrogen-bond donors (Lipinski definition) is 0. The minimum atomic E-state index is -0.00388. The summed E-state index contributed by atoms with van der Waals surface area (Å²) in [7, 11) is 4.14. The smallest absolute Gasteiger partial charge is 0.139 e. The average Bonchev–Trinajstić information content (AvgIpc) is 2.99. The van der Waals surface area contributed by atoms with E-state index in [1.54, 1.807) is 0 Å². The quantitative estimate of drug-likeness (QED) is 0.471. The van der Waals surface area contributed by atoms with E-state index in [9.17, 15) is 4.79 Å². The van der Waals surface area contributed by atoms with E-state index in [2.05, 4.69) is 44.9 Å². The van der Waals surface area contributed by atoms with Gasteiger partial charge in [-0.25, -0.2) is 0 Å². The number of ketones is 1. The molecule has 0 aromatic rings. The molecule has 7 atom stereocenters. The summed E-state index contributed by atoms with van der Waals surface area (Å²) in [5.41, 5.74) is 1.74. The van der Waals surface area contributed by atoms with Gasteiger partial charge >= 0.3 is 0 Å². The second-order valence-electron chi connectivity index (χ2n) is 11.2. The zero-order valence-corrected chi connectivity index (χ0v) is 19.4. The SMILES string of the molecule is CC[C@@H]1/C(=N/OCCN(C)C)CC[C@@]2(C)C1CC[C@@H]1[C@@H]2CC[C@]2(C)C(=O)CC[C@@H]12. The summed E-state index contributed by atoms with van der Waals surface area (Å²) in [5.74, 6) is 4.10. The molecule has 1 unspecified atom stereocenters. The largest absolute Gasteiger partial charge is 0.394 e. The maximum atomic E-state index is 12.6. The molecule has 164 valence electrons. The lowest BCUT2D eigenvalue weighted by Crippen LogP contribution is -2.56. The van der Waals surface area contributed by atoms with Crippen LogP contribution in [0.25, 0.3) is 0 Å². The van der Waals surface area contributed by atoms with Crippen LogP contribution in [-0.4, -0.2) is 43.6 Å². The minimum absolute atomic E-state index is 0.00388. The number of fused-ring (bicyclic) bond motifs is 5. The van der Waals surface area contributed by atoms with Gasteiger partial charge in [0.15, 0.2) is 0 Å². The first-order valence-electron chi connectivity index (χ1n) is 12.2. The van der Waals surface area contributed by atoms with Crippen LogP contribution in [0, 0.1) is 40.4 Å². The van der Waals surface area contributed by atoms with Crippen LogP contribution in [0.5, 0.6) is 0 Å². The summed E-state index contributed by atoms with van der Waals surface area (Å²) < 4.78 is 0. The van der Waals surface area contributed by atoms with Gasteiger partial charge < -0.3 is 9.74 Å². The van der Waals surface area contributed by atoms with Gasteiger partial charge in [0.05, 0.1) is 5.71 Å². The molecular formula is C25H42N2O2. The van der Waals surface area contributed by atoms with Crippen molar-refractivity contribution in [2.24, 2.45) is 45.6 Å². The van der Waals surface area contributed by atoms with Crippen LogP contribution in [0.15, 0.2) is 5.16 Å². The molecule has 0 spiro atoms. The van der Waals surface area contributed by atoms with Gasteiger partial charge in [-0.15, -0.1) is 0 Å². The Labute approximate surface area is 177 Å². The van der Waals surface area contributed by atoms with Gasteiger partial charge in [-0.2, -0.15) is 0 Å². The number of Topliss-reactive ketones (excluding diaryl/α,β-unsaturated/α-hetero) is 1. The van der Waals surface area contributed by atoms with E-state index in [-0.39, 0.29) is 5.41 Å². The third-order valence-electron chi connectivity index (χ3n) is 9.74. The summed E-state index contributed by atoms with van der Waals surface area (Å²) >= 11 is 0. The van der Waals surface area contributed by atoms with E-state index >= 15 is 0 Å². The van der Waals surface area contributed by atoms with Crippen LogP contribution in [0.1, 0.15) is 78.6 Å². The summed E-state index contributed by atoms with van der Waals surface area (Å²) in [6.45, 7) is 8.82. The highest BCUT2D eigenvalue weighted by Gasteiger charge is 2.61. The molecule has 4 saturated carbocycles. The molecule has 0 bridgehead atoms. The van der Waals surface area contributed by atoms with Crippen molar-refractivity contribution in [3.63, 3.8) is 0 Å². The van der Waals surface area contributed by atoms with Gasteiger partial charge in [0, 0.05) is 24.3 Å². The highest BCUT2D eigenvalue weighted by Crippen LogP contribution is 2.66. The van der Waals surface area contributed by atoms with Gasteiger partial charge in [-0.1, -0.05) is 25.9 Å². The Bertz CT molecular complexity index is 659. The molecule has 4 aliphatic carbocycles. The van der Waals surface area contributed by atoms with Gasteiger partial charge in [-0.05, 0) is 94.5 Å². The van der Waals surface area contributed by atoms with Gasteiger partial charge in [0.2, 0.25) is 0 Å². The molecule has 0 radical (unpaired) electrons. The number of carbonyl (C=O) groups excluding carboxylic acids is 1. The van der Waals surface area contributed by atoms with E-state index in [0.29, 0.717) is 29.6 Å². The number of carbonyl (C=O) groups is 1. The summed E-state index contributed by atoms with van der Waals surface area (Å²) in [5, 5.41) is 4.65. The van der Waals surface area contributed by atoms with E-state index in [1.165, 1.54) is 37.8 Å². The fourth-order valence-electron chi connectivity index (χ4n) is 8.09. The zero-order valence-electron chi connectivity index (χ0n) is 19.4. The molecule has 4 aliphatic rings. The minimum Gasteiger partial charge on any atom is -0.394 e. The monoisotopic (exact) mass is 402 g/mol. The Balaban J connectivity index is 1.51. The van der Waals surface area contributed by atoms with Gasteiger partial charge in [0.1, 0.15) is 12.4 Å². The molecule has 0 aliphatic heterocycles. The fourth-order valence-corrected chi connectivity index (χ4v) is 8.09. The molecule has 0 aromatic heterocycles. The van der Waals surface area contributed by atoms with Crippen molar-refractivity contribution in [2.45, 2.75) is 78.6 Å². The predicted molar refractivity (Wildman–Crippen MR) is 118 cm³/mol. The zero-order chi connectivity index (χ0) is 20.8. The fraction of sp³-hybridized carbons (Fsp3) is 0.920. The Morgan fingerprint density at radius 2 is 1.83 bits per heavy atom. The molecule has 0 saturated heterocycles. The van der Waals surface area contributed by atoms with Crippen molar-refractivity contribution in [3.05, 3.63) is 0 Å². The van der Waals surface area contributed by atoms with Crippen molar-refractivity contribution in [1.82, 2.24) is 4.90 Å². The third-order valence-corrected chi connectivity index (χ3v) is 9.74. The summed E-state index contributed by atoms with van der Waals surface area (Å²) in [6.07, 6.45) is 10.5. The van der Waals surface area contributed by atoms with Crippen molar-refractivity contribution in [2.75, 3.05) is 27.2 Å². The number of likely N-dealkylation sites (N-methyl/N-ethyl adjacent to an activating group) is 1. The van der Waals surface area contributed by atoms with Gasteiger partial charge in [-0.3, -0.25) is 4.79 Å².